The number of fused-ring (bicyclic) bond motifs is 10. The van der Waals surface area contributed by atoms with Gasteiger partial charge < -0.3 is 8.83 Å². The zero-order valence-electron chi connectivity index (χ0n) is 27.2. The number of allylic oxidation sites excluding steroid dienone is 1. The van der Waals surface area contributed by atoms with E-state index in [1.165, 1.54) is 71.1 Å². The largest absolute Gasteiger partial charge is 0.456 e. The molecule has 0 aliphatic heterocycles. The zero-order valence-corrected chi connectivity index (χ0v) is 27.2. The highest BCUT2D eigenvalue weighted by molar-refractivity contribution is 6.14. The van der Waals surface area contributed by atoms with Crippen molar-refractivity contribution in [3.05, 3.63) is 175 Å². The third kappa shape index (κ3) is 4.22. The second-order valence-corrected chi connectivity index (χ2v) is 13.7. The SMILES string of the molecule is C1=CC(c2ccc3ccccc3c2)Cc2c1oc1cc3oc4ccc(-c5cccc(-c6cc7ccccc7c7ccccc67)c5)cc4c3cc21. The third-order valence-electron chi connectivity index (χ3n) is 10.8. The fourth-order valence-electron chi connectivity index (χ4n) is 8.28. The molecule has 0 spiro atoms. The van der Waals surface area contributed by atoms with Crippen molar-refractivity contribution in [2.24, 2.45) is 0 Å². The van der Waals surface area contributed by atoms with Gasteiger partial charge in [0.1, 0.15) is 22.5 Å². The van der Waals surface area contributed by atoms with Crippen molar-refractivity contribution in [3.63, 3.8) is 0 Å². The van der Waals surface area contributed by atoms with E-state index in [1.54, 1.807) is 0 Å². The minimum Gasteiger partial charge on any atom is -0.456 e. The second-order valence-electron chi connectivity index (χ2n) is 13.7. The first kappa shape index (κ1) is 27.6. The summed E-state index contributed by atoms with van der Waals surface area (Å²) in [6.45, 7) is 0. The summed E-state index contributed by atoms with van der Waals surface area (Å²) < 4.78 is 12.8. The molecule has 2 aromatic heterocycles. The van der Waals surface area contributed by atoms with Crippen LogP contribution in [-0.4, -0.2) is 0 Å². The first-order valence-corrected chi connectivity index (χ1v) is 17.3. The van der Waals surface area contributed by atoms with Crippen molar-refractivity contribution in [2.45, 2.75) is 12.3 Å². The summed E-state index contributed by atoms with van der Waals surface area (Å²) >= 11 is 0. The van der Waals surface area contributed by atoms with Gasteiger partial charge in [-0.3, -0.25) is 0 Å². The van der Waals surface area contributed by atoms with Gasteiger partial charge >= 0.3 is 0 Å². The van der Waals surface area contributed by atoms with Crippen molar-refractivity contribution < 1.29 is 8.83 Å². The van der Waals surface area contributed by atoms with E-state index in [0.29, 0.717) is 5.92 Å². The molecule has 2 heteroatoms. The Balaban J connectivity index is 1.01. The number of hydrogen-bond donors (Lipinski definition) is 0. The lowest BCUT2D eigenvalue weighted by Gasteiger charge is -2.17. The molecule has 0 saturated carbocycles. The molecule has 10 aromatic rings. The lowest BCUT2D eigenvalue weighted by molar-refractivity contribution is 0.590. The van der Waals surface area contributed by atoms with Gasteiger partial charge in [-0.05, 0) is 103 Å². The van der Waals surface area contributed by atoms with Gasteiger partial charge in [0.2, 0.25) is 0 Å². The van der Waals surface area contributed by atoms with E-state index in [2.05, 4.69) is 164 Å². The van der Waals surface area contributed by atoms with Crippen LogP contribution in [0.15, 0.2) is 167 Å². The summed E-state index contributed by atoms with van der Waals surface area (Å²) in [5.41, 5.74) is 10.0. The fraction of sp³-hybridized carbons (Fsp3) is 0.0417. The molecule has 0 saturated heterocycles. The monoisotopic (exact) mass is 638 g/mol. The van der Waals surface area contributed by atoms with Crippen molar-refractivity contribution in [3.8, 4) is 22.3 Å². The van der Waals surface area contributed by atoms with Gasteiger partial charge in [0.05, 0.1) is 0 Å². The number of furan rings is 2. The molecule has 0 bridgehead atoms. The number of rotatable bonds is 3. The molecule has 2 nitrogen and oxygen atoms in total. The predicted octanol–water partition coefficient (Wildman–Crippen LogP) is 13.5. The third-order valence-corrected chi connectivity index (χ3v) is 10.8. The molecular formula is C48H30O2. The number of hydrogen-bond acceptors (Lipinski definition) is 2. The lowest BCUT2D eigenvalue weighted by atomic mass is 9.86. The van der Waals surface area contributed by atoms with E-state index in [-0.39, 0.29) is 0 Å². The molecule has 0 amide bonds. The number of benzene rings is 8. The molecule has 1 aliphatic rings. The van der Waals surface area contributed by atoms with Crippen molar-refractivity contribution in [1.82, 2.24) is 0 Å². The molecule has 11 rings (SSSR count). The van der Waals surface area contributed by atoms with Crippen molar-refractivity contribution >= 4 is 71.3 Å². The Bertz CT molecular complexity index is 3020. The van der Waals surface area contributed by atoms with Crippen LogP contribution in [0.2, 0.25) is 0 Å². The maximum absolute atomic E-state index is 6.42. The highest BCUT2D eigenvalue weighted by atomic mass is 16.3. The van der Waals surface area contributed by atoms with Gasteiger partial charge in [-0.25, -0.2) is 0 Å². The Morgan fingerprint density at radius 1 is 0.420 bits per heavy atom. The van der Waals surface area contributed by atoms with Crippen molar-refractivity contribution in [1.29, 1.82) is 0 Å². The Labute approximate surface area is 288 Å². The molecule has 8 aromatic carbocycles. The summed E-state index contributed by atoms with van der Waals surface area (Å²) in [6.07, 6.45) is 5.35. The van der Waals surface area contributed by atoms with E-state index in [1.807, 2.05) is 0 Å². The average Bonchev–Trinajstić information content (AvgIpc) is 3.72. The Hall–Kier alpha value is -6.38. The van der Waals surface area contributed by atoms with Crippen LogP contribution in [0.5, 0.6) is 0 Å². The highest BCUT2D eigenvalue weighted by Crippen LogP contribution is 2.42. The Morgan fingerprint density at radius 3 is 2.08 bits per heavy atom. The second kappa shape index (κ2) is 10.6. The van der Waals surface area contributed by atoms with E-state index in [9.17, 15) is 0 Å². The minimum atomic E-state index is 0.295. The summed E-state index contributed by atoms with van der Waals surface area (Å²) in [5, 5.41) is 11.0. The Kier molecular flexibility index (Phi) is 5.82. The van der Waals surface area contributed by atoms with Crippen LogP contribution in [-0.2, 0) is 6.42 Å². The maximum atomic E-state index is 6.42. The van der Waals surface area contributed by atoms with E-state index >= 15 is 0 Å². The molecule has 1 unspecified atom stereocenters. The summed E-state index contributed by atoms with van der Waals surface area (Å²) in [5.74, 6) is 1.25. The van der Waals surface area contributed by atoms with E-state index < -0.39 is 0 Å². The fourth-order valence-corrected chi connectivity index (χ4v) is 8.28. The Morgan fingerprint density at radius 2 is 1.16 bits per heavy atom. The molecule has 1 aliphatic carbocycles. The predicted molar refractivity (Wildman–Crippen MR) is 209 cm³/mol. The molecule has 1 atom stereocenters. The lowest BCUT2D eigenvalue weighted by Crippen LogP contribution is -2.04. The molecule has 234 valence electrons. The van der Waals surface area contributed by atoms with Crippen LogP contribution in [0.4, 0.5) is 0 Å². The van der Waals surface area contributed by atoms with Crippen LogP contribution in [0, 0.1) is 0 Å². The first-order valence-electron chi connectivity index (χ1n) is 17.3. The molecule has 0 N–H and O–H groups in total. The molecule has 0 radical (unpaired) electrons. The van der Waals surface area contributed by atoms with Gasteiger partial charge in [-0.2, -0.15) is 0 Å². The van der Waals surface area contributed by atoms with E-state index in [4.69, 9.17) is 8.83 Å². The van der Waals surface area contributed by atoms with Crippen LogP contribution >= 0.6 is 0 Å². The molecule has 50 heavy (non-hydrogen) atoms. The van der Waals surface area contributed by atoms with Crippen molar-refractivity contribution in [2.75, 3.05) is 0 Å². The van der Waals surface area contributed by atoms with Crippen LogP contribution < -0.4 is 0 Å². The normalized spacial score (nSPS) is 14.4. The van der Waals surface area contributed by atoms with Crippen LogP contribution in [0.1, 0.15) is 22.8 Å². The smallest absolute Gasteiger partial charge is 0.139 e. The van der Waals surface area contributed by atoms with Gasteiger partial charge in [0.15, 0.2) is 0 Å². The average molecular weight is 639 g/mol. The van der Waals surface area contributed by atoms with E-state index in [0.717, 1.165) is 39.7 Å². The van der Waals surface area contributed by atoms with Crippen LogP contribution in [0.25, 0.3) is 93.6 Å². The minimum absolute atomic E-state index is 0.295. The topological polar surface area (TPSA) is 26.3 Å². The summed E-state index contributed by atoms with van der Waals surface area (Å²) in [7, 11) is 0. The zero-order chi connectivity index (χ0) is 32.8. The summed E-state index contributed by atoms with van der Waals surface area (Å²) in [6, 6.07) is 55.0. The van der Waals surface area contributed by atoms with Gasteiger partial charge in [0.25, 0.3) is 0 Å². The molecule has 0 fully saturated rings. The van der Waals surface area contributed by atoms with Gasteiger partial charge in [-0.15, -0.1) is 0 Å². The first-order chi connectivity index (χ1) is 24.7. The molecular weight excluding hydrogens is 609 g/mol. The summed E-state index contributed by atoms with van der Waals surface area (Å²) in [4.78, 5) is 0. The maximum Gasteiger partial charge on any atom is 0.139 e. The quantitative estimate of drug-likeness (QED) is 0.180. The highest BCUT2D eigenvalue weighted by Gasteiger charge is 2.23. The van der Waals surface area contributed by atoms with Gasteiger partial charge in [0, 0.05) is 33.7 Å². The molecule has 2 heterocycles. The standard InChI is InChI=1S/C48H30O2/c1-2-9-30-22-32(17-16-29(30)8-1)34-19-21-46-42(25-34)44-27-43-41-24-33(18-20-45(41)49-47(43)28-48(44)50-46)31-11-7-12-35(23-31)40-26-36-10-3-4-13-37(36)38-14-5-6-15-39(38)40/h1-24,26-28,34H,25H2. The van der Waals surface area contributed by atoms with Crippen LogP contribution in [0.3, 0.4) is 0 Å². The van der Waals surface area contributed by atoms with Gasteiger partial charge in [-0.1, -0.05) is 121 Å².